The molecule has 0 saturated carbocycles. The molecule has 0 bridgehead atoms. The van der Waals surface area contributed by atoms with Gasteiger partial charge in [-0.2, -0.15) is 0 Å². The molecule has 1 aliphatic heterocycles. The average molecular weight is 456 g/mol. The zero-order chi connectivity index (χ0) is 18.8. The Labute approximate surface area is 170 Å². The number of carbonyl (C=O) groups is 2. The minimum atomic E-state index is -0.127. The van der Waals surface area contributed by atoms with E-state index in [2.05, 4.69) is 15.9 Å². The Balaban J connectivity index is 1.68. The maximum Gasteiger partial charge on any atom is 0.255 e. The van der Waals surface area contributed by atoms with Crippen LogP contribution < -0.4 is 0 Å². The first-order chi connectivity index (χ1) is 12.3. The normalized spacial score (nSPS) is 14.5. The molecule has 0 atom stereocenters. The van der Waals surface area contributed by atoms with Crippen molar-refractivity contribution in [2.45, 2.75) is 6.92 Å². The third-order valence-electron chi connectivity index (χ3n) is 4.32. The summed E-state index contributed by atoms with van der Waals surface area (Å²) >= 11 is 15.4. The summed E-state index contributed by atoms with van der Waals surface area (Å²) in [5.74, 6) is -0.156. The lowest BCUT2D eigenvalue weighted by atomic mass is 10.1. The molecule has 26 heavy (non-hydrogen) atoms. The number of hydrogen-bond donors (Lipinski definition) is 0. The third kappa shape index (κ3) is 4.22. The van der Waals surface area contributed by atoms with E-state index >= 15 is 0 Å². The molecule has 0 aliphatic carbocycles. The highest BCUT2D eigenvalue weighted by molar-refractivity contribution is 9.10. The largest absolute Gasteiger partial charge is 0.335 e. The van der Waals surface area contributed by atoms with Crippen LogP contribution in [-0.4, -0.2) is 47.8 Å². The van der Waals surface area contributed by atoms with Crippen LogP contribution in [0.15, 0.2) is 40.9 Å². The Morgan fingerprint density at radius 3 is 2.00 bits per heavy atom. The number of hydrogen-bond acceptors (Lipinski definition) is 2. The lowest BCUT2D eigenvalue weighted by molar-refractivity contribution is 0.0535. The van der Waals surface area contributed by atoms with Crippen molar-refractivity contribution in [1.29, 1.82) is 0 Å². The fourth-order valence-corrected chi connectivity index (χ4v) is 3.89. The molecule has 0 spiro atoms. The molecule has 2 amide bonds. The summed E-state index contributed by atoms with van der Waals surface area (Å²) in [6.07, 6.45) is 0. The van der Waals surface area contributed by atoms with Gasteiger partial charge in [0, 0.05) is 46.3 Å². The van der Waals surface area contributed by atoms with Crippen molar-refractivity contribution in [1.82, 2.24) is 9.80 Å². The topological polar surface area (TPSA) is 40.6 Å². The quantitative estimate of drug-likeness (QED) is 0.660. The molecule has 136 valence electrons. The molecule has 7 heteroatoms. The monoisotopic (exact) mass is 454 g/mol. The van der Waals surface area contributed by atoms with Gasteiger partial charge in [0.05, 0.1) is 5.56 Å². The van der Waals surface area contributed by atoms with Gasteiger partial charge in [-0.3, -0.25) is 9.59 Å². The van der Waals surface area contributed by atoms with E-state index in [1.165, 1.54) is 0 Å². The summed E-state index contributed by atoms with van der Waals surface area (Å²) in [7, 11) is 0. The summed E-state index contributed by atoms with van der Waals surface area (Å²) in [5.41, 5.74) is 2.14. The van der Waals surface area contributed by atoms with Crippen LogP contribution in [0, 0.1) is 6.92 Å². The van der Waals surface area contributed by atoms with Crippen LogP contribution >= 0.6 is 39.1 Å². The van der Waals surface area contributed by atoms with Gasteiger partial charge in [-0.1, -0.05) is 34.8 Å². The van der Waals surface area contributed by atoms with Gasteiger partial charge in [0.15, 0.2) is 0 Å². The van der Waals surface area contributed by atoms with Crippen molar-refractivity contribution in [3.05, 3.63) is 67.6 Å². The highest BCUT2D eigenvalue weighted by atomic mass is 79.9. The van der Waals surface area contributed by atoms with Crippen LogP contribution in [0.3, 0.4) is 0 Å². The molecular weight excluding hydrogens is 439 g/mol. The Kier molecular flexibility index (Phi) is 5.90. The lowest BCUT2D eigenvalue weighted by Gasteiger charge is -2.35. The first-order valence-electron chi connectivity index (χ1n) is 8.16. The molecule has 1 saturated heterocycles. The van der Waals surface area contributed by atoms with Crippen molar-refractivity contribution in [2.75, 3.05) is 26.2 Å². The van der Waals surface area contributed by atoms with Gasteiger partial charge in [-0.15, -0.1) is 0 Å². The molecule has 1 heterocycles. The minimum absolute atomic E-state index is 0.0292. The molecule has 3 rings (SSSR count). The van der Waals surface area contributed by atoms with Crippen molar-refractivity contribution < 1.29 is 9.59 Å². The standard InChI is InChI=1S/C19H17BrCl2N2O2/c1-12-2-3-17(20)16(8-12)19(26)24-6-4-23(5-7-24)18(25)13-9-14(21)11-15(22)10-13/h2-3,8-11H,4-7H2,1H3. The number of halogens is 3. The second-order valence-electron chi connectivity index (χ2n) is 6.23. The molecule has 0 aromatic heterocycles. The zero-order valence-corrected chi connectivity index (χ0v) is 17.2. The minimum Gasteiger partial charge on any atom is -0.335 e. The third-order valence-corrected chi connectivity index (χ3v) is 5.44. The number of piperazine rings is 1. The molecule has 1 aliphatic rings. The Morgan fingerprint density at radius 2 is 1.42 bits per heavy atom. The zero-order valence-electron chi connectivity index (χ0n) is 14.1. The summed E-state index contributed by atoms with van der Waals surface area (Å²) in [5, 5.41) is 0.859. The van der Waals surface area contributed by atoms with Crippen LogP contribution in [0.1, 0.15) is 26.3 Å². The molecule has 2 aromatic carbocycles. The second kappa shape index (κ2) is 7.99. The first kappa shape index (κ1) is 19.2. The van der Waals surface area contributed by atoms with Crippen molar-refractivity contribution in [2.24, 2.45) is 0 Å². The molecule has 0 N–H and O–H groups in total. The lowest BCUT2D eigenvalue weighted by Crippen LogP contribution is -2.50. The predicted molar refractivity (Wildman–Crippen MR) is 107 cm³/mol. The molecule has 1 fully saturated rings. The highest BCUT2D eigenvalue weighted by Gasteiger charge is 2.26. The SMILES string of the molecule is Cc1ccc(Br)c(C(=O)N2CCN(C(=O)c3cc(Cl)cc(Cl)c3)CC2)c1. The van der Waals surface area contributed by atoms with Gasteiger partial charge in [-0.05, 0) is 53.2 Å². The van der Waals surface area contributed by atoms with Gasteiger partial charge in [0.2, 0.25) is 0 Å². The number of nitrogens with zero attached hydrogens (tertiary/aromatic N) is 2. The molecule has 2 aromatic rings. The fourth-order valence-electron chi connectivity index (χ4n) is 2.95. The van der Waals surface area contributed by atoms with E-state index in [1.54, 1.807) is 28.0 Å². The predicted octanol–water partition coefficient (Wildman–Crippen LogP) is 4.66. The van der Waals surface area contributed by atoms with Gasteiger partial charge in [-0.25, -0.2) is 0 Å². The van der Waals surface area contributed by atoms with E-state index in [1.807, 2.05) is 25.1 Å². The summed E-state index contributed by atoms with van der Waals surface area (Å²) in [6.45, 7) is 3.87. The van der Waals surface area contributed by atoms with E-state index in [0.717, 1.165) is 10.0 Å². The number of amides is 2. The Morgan fingerprint density at radius 1 is 0.885 bits per heavy atom. The maximum absolute atomic E-state index is 12.8. The molecule has 4 nitrogen and oxygen atoms in total. The first-order valence-corrected chi connectivity index (χ1v) is 9.71. The Hall–Kier alpha value is -1.56. The van der Waals surface area contributed by atoms with Gasteiger partial charge in [0.25, 0.3) is 11.8 Å². The number of carbonyl (C=O) groups excluding carboxylic acids is 2. The number of benzene rings is 2. The number of aryl methyl sites for hydroxylation is 1. The smallest absolute Gasteiger partial charge is 0.255 e. The van der Waals surface area contributed by atoms with E-state index in [0.29, 0.717) is 47.4 Å². The van der Waals surface area contributed by atoms with Crippen molar-refractivity contribution in [3.8, 4) is 0 Å². The van der Waals surface area contributed by atoms with Crippen LogP contribution in [0.4, 0.5) is 0 Å². The van der Waals surface area contributed by atoms with Gasteiger partial charge < -0.3 is 9.80 Å². The average Bonchev–Trinajstić information content (AvgIpc) is 2.62. The summed E-state index contributed by atoms with van der Waals surface area (Å²) < 4.78 is 0.778. The van der Waals surface area contributed by atoms with Gasteiger partial charge in [0.1, 0.15) is 0 Å². The van der Waals surface area contributed by atoms with Crippen molar-refractivity contribution >= 4 is 50.9 Å². The van der Waals surface area contributed by atoms with E-state index < -0.39 is 0 Å². The fraction of sp³-hybridized carbons (Fsp3) is 0.263. The van der Waals surface area contributed by atoms with Crippen molar-refractivity contribution in [3.63, 3.8) is 0 Å². The second-order valence-corrected chi connectivity index (χ2v) is 7.95. The molecule has 0 radical (unpaired) electrons. The molecule has 0 unspecified atom stereocenters. The van der Waals surface area contributed by atoms with Crippen LogP contribution in [0.25, 0.3) is 0 Å². The number of rotatable bonds is 2. The summed E-state index contributed by atoms with van der Waals surface area (Å²) in [4.78, 5) is 28.9. The van der Waals surface area contributed by atoms with E-state index in [-0.39, 0.29) is 11.8 Å². The maximum atomic E-state index is 12.8. The highest BCUT2D eigenvalue weighted by Crippen LogP contribution is 2.23. The van der Waals surface area contributed by atoms with E-state index in [4.69, 9.17) is 23.2 Å². The van der Waals surface area contributed by atoms with Crippen LogP contribution in [-0.2, 0) is 0 Å². The molecular formula is C19H17BrCl2N2O2. The van der Waals surface area contributed by atoms with Crippen LogP contribution in [0.2, 0.25) is 10.0 Å². The van der Waals surface area contributed by atoms with Gasteiger partial charge >= 0.3 is 0 Å². The Bertz CT molecular complexity index is 844. The summed E-state index contributed by atoms with van der Waals surface area (Å²) in [6, 6.07) is 10.5. The van der Waals surface area contributed by atoms with E-state index in [9.17, 15) is 9.59 Å². The van der Waals surface area contributed by atoms with Crippen LogP contribution in [0.5, 0.6) is 0 Å².